The molecule has 1 aliphatic heterocycles. The highest BCUT2D eigenvalue weighted by Crippen LogP contribution is 2.31. The molecule has 0 N–H and O–H groups in total. The van der Waals surface area contributed by atoms with Gasteiger partial charge in [0.1, 0.15) is 0 Å². The second-order valence-electron chi connectivity index (χ2n) is 7.90. The third-order valence-electron chi connectivity index (χ3n) is 3.60. The van der Waals surface area contributed by atoms with Crippen molar-refractivity contribution in [2.45, 2.75) is 52.6 Å². The lowest BCUT2D eigenvalue weighted by Crippen LogP contribution is -2.78. The highest BCUT2D eigenvalue weighted by Gasteiger charge is 2.62. The zero-order chi connectivity index (χ0) is 16.0. The highest BCUT2D eigenvalue weighted by atomic mass is 28.3. The van der Waals surface area contributed by atoms with Crippen molar-refractivity contribution in [2.24, 2.45) is 0 Å². The smallest absolute Gasteiger partial charge is 0.254 e. The van der Waals surface area contributed by atoms with Crippen LogP contribution < -0.4 is 0 Å². The molecule has 0 saturated carbocycles. The van der Waals surface area contributed by atoms with Crippen LogP contribution >= 0.6 is 0 Å². The Morgan fingerprint density at radius 3 is 1.86 bits per heavy atom. The average molecular weight is 304 g/mol. The van der Waals surface area contributed by atoms with Gasteiger partial charge in [-0.3, -0.25) is 13.4 Å². The monoisotopic (exact) mass is 303 g/mol. The summed E-state index contributed by atoms with van der Waals surface area (Å²) < 4.78 is 7.64. The van der Waals surface area contributed by atoms with Gasteiger partial charge in [0, 0.05) is 0 Å². The molecule has 4 heteroatoms. The largest absolute Gasteiger partial charge is 0.665 e. The Balaban J connectivity index is 2.64. The molecular formula is C17H29N3Si+. The van der Waals surface area contributed by atoms with Crippen LogP contribution in [0.15, 0.2) is 30.3 Å². The predicted molar refractivity (Wildman–Crippen MR) is 91.6 cm³/mol. The second kappa shape index (κ2) is 5.25. The number of rotatable bonds is 2. The van der Waals surface area contributed by atoms with Crippen molar-refractivity contribution in [1.82, 2.24) is 9.13 Å². The van der Waals surface area contributed by atoms with E-state index in [4.69, 9.17) is 0 Å². The van der Waals surface area contributed by atoms with Gasteiger partial charge in [-0.1, -0.05) is 18.2 Å². The van der Waals surface area contributed by atoms with Gasteiger partial charge in [0.2, 0.25) is 0 Å². The van der Waals surface area contributed by atoms with E-state index >= 15 is 0 Å². The minimum absolute atomic E-state index is 0.130. The lowest BCUT2D eigenvalue weighted by Gasteiger charge is -2.48. The Kier molecular flexibility index (Phi) is 4.06. The third-order valence-corrected chi connectivity index (χ3v) is 6.96. The first-order chi connectivity index (χ1) is 9.55. The molecule has 0 aliphatic carbocycles. The molecule has 0 amide bonds. The van der Waals surface area contributed by atoms with Crippen molar-refractivity contribution in [2.75, 3.05) is 14.1 Å². The van der Waals surface area contributed by atoms with E-state index in [2.05, 4.69) is 99.3 Å². The normalized spacial score (nSPS) is 17.5. The van der Waals surface area contributed by atoms with E-state index in [1.54, 1.807) is 0 Å². The Hall–Kier alpha value is -1.13. The molecule has 0 fully saturated rings. The maximum absolute atomic E-state index is 2.62. The van der Waals surface area contributed by atoms with E-state index in [1.165, 1.54) is 11.4 Å². The van der Waals surface area contributed by atoms with Gasteiger partial charge < -0.3 is 0 Å². The third kappa shape index (κ3) is 2.92. The molecule has 0 aromatic heterocycles. The van der Waals surface area contributed by atoms with E-state index in [1.807, 2.05) is 0 Å². The Morgan fingerprint density at radius 2 is 1.48 bits per heavy atom. The van der Waals surface area contributed by atoms with Gasteiger partial charge >= 0.3 is 9.28 Å². The number of hydrogen-bond acceptors (Lipinski definition) is 2. The van der Waals surface area contributed by atoms with Crippen LogP contribution in [0.25, 0.3) is 0 Å². The summed E-state index contributed by atoms with van der Waals surface area (Å²) in [6.07, 6.45) is 0. The summed E-state index contributed by atoms with van der Waals surface area (Å²) in [6.45, 7) is 13.9. The lowest BCUT2D eigenvalue weighted by molar-refractivity contribution is -0.515. The summed E-state index contributed by atoms with van der Waals surface area (Å²) in [4.78, 5) is 0. The second-order valence-corrected chi connectivity index (χ2v) is 10.3. The van der Waals surface area contributed by atoms with Crippen molar-refractivity contribution in [3.8, 4) is 0 Å². The molecule has 1 radical (unpaired) electrons. The van der Waals surface area contributed by atoms with Crippen LogP contribution in [0.3, 0.4) is 0 Å². The summed E-state index contributed by atoms with van der Waals surface area (Å²) in [7, 11) is 3.51. The summed E-state index contributed by atoms with van der Waals surface area (Å²) in [6, 6.07) is 10.8. The number of hydrogen-bond donors (Lipinski definition) is 0. The average Bonchev–Trinajstić information content (AvgIpc) is 2.24. The molecule has 2 rings (SSSR count). The molecule has 0 spiro atoms. The molecule has 0 bridgehead atoms. The summed E-state index contributed by atoms with van der Waals surface area (Å²) >= 11 is 0. The van der Waals surface area contributed by atoms with Crippen LogP contribution in [0.2, 0.25) is 0 Å². The Bertz CT molecular complexity index is 535. The van der Waals surface area contributed by atoms with Crippen LogP contribution in [-0.4, -0.2) is 53.7 Å². The van der Waals surface area contributed by atoms with Crippen LogP contribution in [0.4, 0.5) is 0 Å². The van der Waals surface area contributed by atoms with Crippen molar-refractivity contribution in [3.63, 3.8) is 0 Å². The maximum Gasteiger partial charge on any atom is 0.665 e. The zero-order valence-corrected chi connectivity index (χ0v) is 15.7. The fraction of sp³-hybridized carbons (Fsp3) is 0.588. The molecule has 115 valence electrons. The zero-order valence-electron chi connectivity index (χ0n) is 14.7. The summed E-state index contributed by atoms with van der Waals surface area (Å²) in [5.41, 5.74) is 1.58. The number of benzene rings is 1. The van der Waals surface area contributed by atoms with Crippen molar-refractivity contribution < 1.29 is 4.24 Å². The van der Waals surface area contributed by atoms with Gasteiger partial charge in [-0.25, -0.2) is 0 Å². The molecule has 3 nitrogen and oxygen atoms in total. The topological polar surface area (TPSA) is 9.49 Å². The van der Waals surface area contributed by atoms with Crippen LogP contribution in [0.1, 0.15) is 47.1 Å². The minimum Gasteiger partial charge on any atom is -0.254 e. The first kappa shape index (κ1) is 16.2. The van der Waals surface area contributed by atoms with Crippen LogP contribution in [-0.2, 0) is 0 Å². The van der Waals surface area contributed by atoms with E-state index < -0.39 is 9.28 Å². The maximum atomic E-state index is 2.62. The van der Waals surface area contributed by atoms with E-state index in [9.17, 15) is 0 Å². The quantitative estimate of drug-likeness (QED) is 0.777. The van der Waals surface area contributed by atoms with E-state index in [0.29, 0.717) is 0 Å². The van der Waals surface area contributed by atoms with Crippen molar-refractivity contribution >= 4 is 15.1 Å². The highest BCUT2D eigenvalue weighted by molar-refractivity contribution is 6.54. The molecule has 0 atom stereocenters. The SMILES string of the molecule is CN(C)[Si]1N(C(C)(C)C)C(c2ccccc2)=[N+]1C(C)(C)C. The Morgan fingerprint density at radius 1 is 0.952 bits per heavy atom. The molecular weight excluding hydrogens is 274 g/mol. The first-order valence-electron chi connectivity index (χ1n) is 7.62. The fourth-order valence-electron chi connectivity index (χ4n) is 2.83. The minimum atomic E-state index is -0.889. The number of amidine groups is 1. The molecule has 0 saturated heterocycles. The predicted octanol–water partition coefficient (Wildman–Crippen LogP) is 2.90. The lowest BCUT2D eigenvalue weighted by atomic mass is 10.1. The standard InChI is InChI=1S/C17H29N3Si/c1-16(2,3)19-15(14-12-10-9-11-13-14)20(17(4,5)6)21(19)18(7)8/h9-13H,1-8H3/q+1. The van der Waals surface area contributed by atoms with Crippen LogP contribution in [0.5, 0.6) is 0 Å². The molecule has 1 aliphatic rings. The van der Waals surface area contributed by atoms with Crippen molar-refractivity contribution in [1.29, 1.82) is 0 Å². The molecule has 1 aromatic carbocycles. The summed E-state index contributed by atoms with van der Waals surface area (Å²) in [5.74, 6) is 1.37. The first-order valence-corrected chi connectivity index (χ1v) is 8.96. The molecule has 21 heavy (non-hydrogen) atoms. The van der Waals surface area contributed by atoms with Crippen LogP contribution in [0, 0.1) is 0 Å². The van der Waals surface area contributed by atoms with Gasteiger partial charge in [0.25, 0.3) is 5.84 Å². The Labute approximate surface area is 131 Å². The van der Waals surface area contributed by atoms with Gasteiger partial charge in [0.15, 0.2) is 0 Å². The molecule has 0 unspecified atom stereocenters. The van der Waals surface area contributed by atoms with Gasteiger partial charge in [0.05, 0.1) is 16.6 Å². The van der Waals surface area contributed by atoms with Crippen molar-refractivity contribution in [3.05, 3.63) is 35.9 Å². The van der Waals surface area contributed by atoms with Gasteiger partial charge in [-0.05, 0) is 67.8 Å². The number of nitrogens with zero attached hydrogens (tertiary/aromatic N) is 3. The fourth-order valence-corrected chi connectivity index (χ4v) is 5.72. The molecule has 1 heterocycles. The van der Waals surface area contributed by atoms with E-state index in [0.717, 1.165) is 0 Å². The summed E-state index contributed by atoms with van der Waals surface area (Å²) in [5, 5.41) is 0. The van der Waals surface area contributed by atoms with Gasteiger partial charge in [-0.15, -0.1) is 0 Å². The molecule has 1 aromatic rings. The van der Waals surface area contributed by atoms with E-state index in [-0.39, 0.29) is 11.1 Å². The van der Waals surface area contributed by atoms with Gasteiger partial charge in [-0.2, -0.15) is 0 Å².